The summed E-state index contributed by atoms with van der Waals surface area (Å²) < 4.78 is 50.4. The van der Waals surface area contributed by atoms with Crippen LogP contribution in [-0.4, -0.2) is 29.7 Å². The Balaban J connectivity index is 2.67. The lowest BCUT2D eigenvalue weighted by molar-refractivity contribution is -0.144. The number of nitrogens with zero attached hydrogens (tertiary/aromatic N) is 2. The van der Waals surface area contributed by atoms with Crippen molar-refractivity contribution in [3.8, 4) is 11.5 Å². The number of benzene rings is 1. The molecule has 0 aliphatic carbocycles. The highest BCUT2D eigenvalue weighted by atomic mass is 19.4. The van der Waals surface area contributed by atoms with Crippen LogP contribution < -0.4 is 14.8 Å². The van der Waals surface area contributed by atoms with Gasteiger partial charge in [0.2, 0.25) is 5.82 Å². The fourth-order valence-corrected chi connectivity index (χ4v) is 3.37. The minimum absolute atomic E-state index is 0.0207. The minimum atomic E-state index is -4.66. The average molecular weight is 385 g/mol. The summed E-state index contributed by atoms with van der Waals surface area (Å²) >= 11 is 0. The number of rotatable bonds is 5. The molecule has 0 radical (unpaired) electrons. The first kappa shape index (κ1) is 21.1. The molecule has 0 aliphatic heterocycles. The van der Waals surface area contributed by atoms with E-state index in [1.807, 2.05) is 13.8 Å². The molecule has 1 heterocycles. The molecular formula is C19H26F3N3O2. The standard InChI is InChI=1S/C19H26F3N3O2/c1-17(2,3)10-18(4,5)25-15-11-8-13(26-6)14(27-7)9-12(11)23-16(24-15)19(20,21)22/h8-9H,10H2,1-7H3,(H,23,24,25). The molecular weight excluding hydrogens is 359 g/mol. The molecule has 0 atom stereocenters. The van der Waals surface area contributed by atoms with Crippen LogP contribution in [0.5, 0.6) is 11.5 Å². The van der Waals surface area contributed by atoms with E-state index in [0.717, 1.165) is 6.42 Å². The molecule has 1 aromatic carbocycles. The fourth-order valence-electron chi connectivity index (χ4n) is 3.37. The second-order valence-corrected chi connectivity index (χ2v) is 8.36. The molecule has 0 saturated carbocycles. The lowest BCUT2D eigenvalue weighted by Crippen LogP contribution is -2.36. The molecule has 150 valence electrons. The topological polar surface area (TPSA) is 56.3 Å². The van der Waals surface area contributed by atoms with E-state index in [4.69, 9.17) is 9.47 Å². The van der Waals surface area contributed by atoms with Gasteiger partial charge in [-0.25, -0.2) is 9.97 Å². The predicted octanol–water partition coefficient (Wildman–Crippen LogP) is 5.29. The largest absolute Gasteiger partial charge is 0.493 e. The SMILES string of the molecule is COc1cc2nc(C(F)(F)F)nc(NC(C)(C)CC(C)(C)C)c2cc1OC. The summed E-state index contributed by atoms with van der Waals surface area (Å²) in [6, 6.07) is 3.01. The summed E-state index contributed by atoms with van der Waals surface area (Å²) in [5.74, 6) is -0.388. The van der Waals surface area contributed by atoms with Crippen molar-refractivity contribution in [3.63, 3.8) is 0 Å². The summed E-state index contributed by atoms with van der Waals surface area (Å²) in [4.78, 5) is 7.46. The van der Waals surface area contributed by atoms with Gasteiger partial charge in [-0.05, 0) is 31.7 Å². The predicted molar refractivity (Wildman–Crippen MR) is 99.4 cm³/mol. The maximum Gasteiger partial charge on any atom is 0.451 e. The van der Waals surface area contributed by atoms with E-state index in [1.165, 1.54) is 20.3 Å². The first-order valence-corrected chi connectivity index (χ1v) is 8.55. The van der Waals surface area contributed by atoms with E-state index in [1.54, 1.807) is 6.07 Å². The normalized spacial score (nSPS) is 13.0. The van der Waals surface area contributed by atoms with E-state index >= 15 is 0 Å². The van der Waals surface area contributed by atoms with E-state index in [0.29, 0.717) is 16.9 Å². The van der Waals surface area contributed by atoms with Crippen molar-refractivity contribution in [2.75, 3.05) is 19.5 Å². The van der Waals surface area contributed by atoms with Gasteiger partial charge in [0, 0.05) is 17.0 Å². The molecule has 0 bridgehead atoms. The van der Waals surface area contributed by atoms with E-state index in [-0.39, 0.29) is 16.7 Å². The number of nitrogens with one attached hydrogen (secondary N) is 1. The van der Waals surface area contributed by atoms with Crippen LogP contribution in [0.4, 0.5) is 19.0 Å². The highest BCUT2D eigenvalue weighted by molar-refractivity contribution is 5.92. The van der Waals surface area contributed by atoms with Crippen molar-refractivity contribution in [2.45, 2.75) is 52.8 Å². The molecule has 8 heteroatoms. The Morgan fingerprint density at radius 1 is 0.926 bits per heavy atom. The van der Waals surface area contributed by atoms with Gasteiger partial charge in [-0.3, -0.25) is 0 Å². The third kappa shape index (κ3) is 5.14. The van der Waals surface area contributed by atoms with Crippen molar-refractivity contribution in [2.24, 2.45) is 5.41 Å². The second kappa shape index (κ2) is 7.05. The maximum atomic E-state index is 13.3. The van der Waals surface area contributed by atoms with Gasteiger partial charge in [-0.2, -0.15) is 13.2 Å². The highest BCUT2D eigenvalue weighted by Crippen LogP contribution is 2.38. The van der Waals surface area contributed by atoms with Crippen molar-refractivity contribution < 1.29 is 22.6 Å². The van der Waals surface area contributed by atoms with E-state index in [2.05, 4.69) is 36.1 Å². The second-order valence-electron chi connectivity index (χ2n) is 8.36. The van der Waals surface area contributed by atoms with Gasteiger partial charge in [0.25, 0.3) is 0 Å². The number of aromatic nitrogens is 2. The number of fused-ring (bicyclic) bond motifs is 1. The Morgan fingerprint density at radius 2 is 1.48 bits per heavy atom. The Labute approximate surface area is 157 Å². The molecule has 0 fully saturated rings. The van der Waals surface area contributed by atoms with Crippen LogP contribution in [-0.2, 0) is 6.18 Å². The summed E-state index contributed by atoms with van der Waals surface area (Å²) in [6.45, 7) is 10.1. The number of halogens is 3. The van der Waals surface area contributed by atoms with E-state index < -0.39 is 17.5 Å². The molecule has 27 heavy (non-hydrogen) atoms. The molecule has 2 aromatic rings. The number of ether oxygens (including phenoxy) is 2. The van der Waals surface area contributed by atoms with Crippen LogP contribution in [0.2, 0.25) is 0 Å². The fraction of sp³-hybridized carbons (Fsp3) is 0.579. The Kier molecular flexibility index (Phi) is 5.50. The molecule has 0 amide bonds. The zero-order chi connectivity index (χ0) is 20.6. The number of methoxy groups -OCH3 is 2. The van der Waals surface area contributed by atoms with Crippen LogP contribution in [0, 0.1) is 5.41 Å². The smallest absolute Gasteiger partial charge is 0.451 e. The third-order valence-electron chi connectivity index (χ3n) is 3.88. The quantitative estimate of drug-likeness (QED) is 0.758. The summed E-state index contributed by atoms with van der Waals surface area (Å²) in [7, 11) is 2.88. The van der Waals surface area contributed by atoms with Gasteiger partial charge < -0.3 is 14.8 Å². The van der Waals surface area contributed by atoms with Gasteiger partial charge in [-0.15, -0.1) is 0 Å². The Bertz CT molecular complexity index is 828. The number of alkyl halides is 3. The maximum absolute atomic E-state index is 13.3. The number of hydrogen-bond acceptors (Lipinski definition) is 5. The molecule has 1 N–H and O–H groups in total. The lowest BCUT2D eigenvalue weighted by atomic mass is 9.82. The summed E-state index contributed by atoms with van der Waals surface area (Å²) in [5.41, 5.74) is -0.383. The summed E-state index contributed by atoms with van der Waals surface area (Å²) in [5, 5.41) is 3.60. The van der Waals surface area contributed by atoms with Gasteiger partial charge >= 0.3 is 6.18 Å². The van der Waals surface area contributed by atoms with Crippen LogP contribution >= 0.6 is 0 Å². The van der Waals surface area contributed by atoms with Crippen LogP contribution in [0.15, 0.2) is 12.1 Å². The average Bonchev–Trinajstić information content (AvgIpc) is 2.49. The first-order chi connectivity index (χ1) is 12.3. The lowest BCUT2D eigenvalue weighted by Gasteiger charge is -2.34. The summed E-state index contributed by atoms with van der Waals surface area (Å²) in [6.07, 6.45) is -3.94. The molecule has 0 unspecified atom stereocenters. The molecule has 0 saturated heterocycles. The van der Waals surface area contributed by atoms with Crippen molar-refractivity contribution in [1.82, 2.24) is 9.97 Å². The zero-order valence-corrected chi connectivity index (χ0v) is 16.7. The third-order valence-corrected chi connectivity index (χ3v) is 3.88. The number of anilines is 1. The molecule has 2 rings (SSSR count). The van der Waals surface area contributed by atoms with E-state index in [9.17, 15) is 13.2 Å². The first-order valence-electron chi connectivity index (χ1n) is 8.55. The van der Waals surface area contributed by atoms with Crippen LogP contribution in [0.25, 0.3) is 10.9 Å². The van der Waals surface area contributed by atoms with Crippen molar-refractivity contribution >= 4 is 16.7 Å². The molecule has 1 aromatic heterocycles. The van der Waals surface area contributed by atoms with Crippen molar-refractivity contribution in [1.29, 1.82) is 0 Å². The molecule has 0 aliphatic rings. The number of hydrogen-bond donors (Lipinski definition) is 1. The van der Waals surface area contributed by atoms with Crippen molar-refractivity contribution in [3.05, 3.63) is 18.0 Å². The van der Waals surface area contributed by atoms with Gasteiger partial charge in [-0.1, -0.05) is 20.8 Å². The van der Waals surface area contributed by atoms with Gasteiger partial charge in [0.1, 0.15) is 5.82 Å². The highest BCUT2D eigenvalue weighted by Gasteiger charge is 2.36. The van der Waals surface area contributed by atoms with Crippen LogP contribution in [0.3, 0.4) is 0 Å². The van der Waals surface area contributed by atoms with Gasteiger partial charge in [0.05, 0.1) is 19.7 Å². The van der Waals surface area contributed by atoms with Gasteiger partial charge in [0.15, 0.2) is 11.5 Å². The molecule has 5 nitrogen and oxygen atoms in total. The Morgan fingerprint density at radius 3 is 1.96 bits per heavy atom. The zero-order valence-electron chi connectivity index (χ0n) is 16.7. The van der Waals surface area contributed by atoms with Crippen LogP contribution in [0.1, 0.15) is 46.9 Å². The Hall–Kier alpha value is -2.25. The molecule has 0 spiro atoms. The minimum Gasteiger partial charge on any atom is -0.493 e. The monoisotopic (exact) mass is 385 g/mol.